The standard InChI is InChI=1S/C19H29N3O3/c1-19(2,3)25-18(24)21-16-5-4-12-22(13-16)17(23)11-8-14-6-9-15(20)10-7-14/h6-7,9-10,16H,4-5,8,11-13,20H2,1-3H3,(H,21,24). The van der Waals surface area contributed by atoms with Crippen LogP contribution in [0.15, 0.2) is 24.3 Å². The average Bonchev–Trinajstić information content (AvgIpc) is 2.52. The SMILES string of the molecule is CC(C)(C)OC(=O)NC1CCCN(C(=O)CCc2ccc(N)cc2)C1. The largest absolute Gasteiger partial charge is 0.444 e. The monoisotopic (exact) mass is 347 g/mol. The van der Waals surface area contributed by atoms with Gasteiger partial charge in [0.25, 0.3) is 0 Å². The second-order valence-electron chi connectivity index (χ2n) is 7.57. The smallest absolute Gasteiger partial charge is 0.407 e. The van der Waals surface area contributed by atoms with Gasteiger partial charge in [-0.1, -0.05) is 12.1 Å². The molecule has 0 bridgehead atoms. The van der Waals surface area contributed by atoms with Gasteiger partial charge in [0, 0.05) is 31.2 Å². The molecule has 1 aliphatic rings. The van der Waals surface area contributed by atoms with Gasteiger partial charge in [-0.3, -0.25) is 4.79 Å². The molecule has 3 N–H and O–H groups in total. The minimum atomic E-state index is -0.521. The summed E-state index contributed by atoms with van der Waals surface area (Å²) in [6.45, 7) is 6.79. The number of amides is 2. The first-order valence-electron chi connectivity index (χ1n) is 8.84. The molecule has 1 aliphatic heterocycles. The van der Waals surface area contributed by atoms with Gasteiger partial charge in [-0.05, 0) is 57.7 Å². The fourth-order valence-corrected chi connectivity index (χ4v) is 2.89. The summed E-state index contributed by atoms with van der Waals surface area (Å²) < 4.78 is 5.29. The molecule has 25 heavy (non-hydrogen) atoms. The molecular formula is C19H29N3O3. The normalized spacial score (nSPS) is 17.9. The van der Waals surface area contributed by atoms with Crippen LogP contribution in [0.4, 0.5) is 10.5 Å². The second-order valence-corrected chi connectivity index (χ2v) is 7.57. The van der Waals surface area contributed by atoms with Gasteiger partial charge in [-0.25, -0.2) is 4.79 Å². The quantitative estimate of drug-likeness (QED) is 0.820. The van der Waals surface area contributed by atoms with E-state index in [1.165, 1.54) is 0 Å². The van der Waals surface area contributed by atoms with E-state index in [2.05, 4.69) is 5.32 Å². The van der Waals surface area contributed by atoms with Gasteiger partial charge in [-0.2, -0.15) is 0 Å². The molecule has 0 spiro atoms. The van der Waals surface area contributed by atoms with Crippen molar-refractivity contribution in [3.8, 4) is 0 Å². The summed E-state index contributed by atoms with van der Waals surface area (Å²) in [5.74, 6) is 0.118. The molecule has 1 aromatic rings. The van der Waals surface area contributed by atoms with E-state index < -0.39 is 11.7 Å². The number of ether oxygens (including phenoxy) is 1. The Labute approximate surface area is 149 Å². The fraction of sp³-hybridized carbons (Fsp3) is 0.579. The highest BCUT2D eigenvalue weighted by atomic mass is 16.6. The van der Waals surface area contributed by atoms with Crippen LogP contribution in [0.25, 0.3) is 0 Å². The van der Waals surface area contributed by atoms with Crippen molar-refractivity contribution in [3.63, 3.8) is 0 Å². The zero-order valence-corrected chi connectivity index (χ0v) is 15.4. The zero-order valence-electron chi connectivity index (χ0n) is 15.4. The fourth-order valence-electron chi connectivity index (χ4n) is 2.89. The molecule has 0 saturated carbocycles. The molecule has 0 aromatic heterocycles. The van der Waals surface area contributed by atoms with Crippen LogP contribution in [0.3, 0.4) is 0 Å². The van der Waals surface area contributed by atoms with E-state index in [0.29, 0.717) is 19.4 Å². The van der Waals surface area contributed by atoms with Gasteiger partial charge in [0.15, 0.2) is 0 Å². The molecule has 0 aliphatic carbocycles. The maximum Gasteiger partial charge on any atom is 0.407 e. The van der Waals surface area contributed by atoms with Gasteiger partial charge in [0.2, 0.25) is 5.91 Å². The highest BCUT2D eigenvalue weighted by Gasteiger charge is 2.26. The molecule has 0 radical (unpaired) electrons. The Morgan fingerprint density at radius 1 is 1.28 bits per heavy atom. The van der Waals surface area contributed by atoms with E-state index in [9.17, 15) is 9.59 Å². The minimum Gasteiger partial charge on any atom is -0.444 e. The summed E-state index contributed by atoms with van der Waals surface area (Å²) >= 11 is 0. The average molecular weight is 347 g/mol. The van der Waals surface area contributed by atoms with Gasteiger partial charge in [0.05, 0.1) is 0 Å². The number of piperidine rings is 1. The Bertz CT molecular complexity index is 593. The molecule has 1 unspecified atom stereocenters. The Balaban J connectivity index is 1.80. The van der Waals surface area contributed by atoms with E-state index in [4.69, 9.17) is 10.5 Å². The molecular weight excluding hydrogens is 318 g/mol. The lowest BCUT2D eigenvalue weighted by Gasteiger charge is -2.33. The van der Waals surface area contributed by atoms with E-state index in [1.54, 1.807) is 0 Å². The van der Waals surface area contributed by atoms with Crippen molar-refractivity contribution >= 4 is 17.7 Å². The number of benzene rings is 1. The number of nitrogens with two attached hydrogens (primary N) is 1. The third-order valence-electron chi connectivity index (χ3n) is 4.10. The molecule has 6 nitrogen and oxygen atoms in total. The highest BCUT2D eigenvalue weighted by Crippen LogP contribution is 2.15. The number of carbonyl (C=O) groups excluding carboxylic acids is 2. The van der Waals surface area contributed by atoms with Crippen LogP contribution in [0.5, 0.6) is 0 Å². The number of aryl methyl sites for hydroxylation is 1. The van der Waals surface area contributed by atoms with Crippen LogP contribution in [-0.4, -0.2) is 41.6 Å². The topological polar surface area (TPSA) is 84.7 Å². The number of hydrogen-bond acceptors (Lipinski definition) is 4. The first kappa shape index (κ1) is 19.1. The van der Waals surface area contributed by atoms with E-state index >= 15 is 0 Å². The van der Waals surface area contributed by atoms with E-state index in [1.807, 2.05) is 49.9 Å². The van der Waals surface area contributed by atoms with Gasteiger partial charge in [0.1, 0.15) is 5.60 Å². The predicted octanol–water partition coefficient (Wildman–Crippen LogP) is 2.72. The third-order valence-corrected chi connectivity index (χ3v) is 4.10. The number of nitrogens with one attached hydrogen (secondary N) is 1. The summed E-state index contributed by atoms with van der Waals surface area (Å²) in [4.78, 5) is 26.2. The van der Waals surface area contributed by atoms with Gasteiger partial charge >= 0.3 is 6.09 Å². The Kier molecular flexibility index (Phi) is 6.28. The van der Waals surface area contributed by atoms with Crippen molar-refractivity contribution in [3.05, 3.63) is 29.8 Å². The van der Waals surface area contributed by atoms with E-state index in [0.717, 1.165) is 30.6 Å². The lowest BCUT2D eigenvalue weighted by molar-refractivity contribution is -0.132. The number of likely N-dealkylation sites (tertiary alicyclic amines) is 1. The number of anilines is 1. The maximum absolute atomic E-state index is 12.5. The first-order chi connectivity index (χ1) is 11.7. The van der Waals surface area contributed by atoms with Crippen molar-refractivity contribution in [2.24, 2.45) is 0 Å². The molecule has 1 heterocycles. The molecule has 1 saturated heterocycles. The highest BCUT2D eigenvalue weighted by molar-refractivity contribution is 5.77. The van der Waals surface area contributed by atoms with Crippen LogP contribution in [0.2, 0.25) is 0 Å². The molecule has 1 aromatic carbocycles. The van der Waals surface area contributed by atoms with Crippen molar-refractivity contribution in [1.29, 1.82) is 0 Å². The van der Waals surface area contributed by atoms with Crippen molar-refractivity contribution in [1.82, 2.24) is 10.2 Å². The molecule has 6 heteroatoms. The predicted molar refractivity (Wildman–Crippen MR) is 98.1 cm³/mol. The van der Waals surface area contributed by atoms with Crippen LogP contribution in [0, 0.1) is 0 Å². The second kappa shape index (κ2) is 8.23. The lowest BCUT2D eigenvalue weighted by Crippen LogP contribution is -2.50. The molecule has 138 valence electrons. The summed E-state index contributed by atoms with van der Waals surface area (Å²) in [7, 11) is 0. The Morgan fingerprint density at radius 3 is 2.60 bits per heavy atom. The summed E-state index contributed by atoms with van der Waals surface area (Å²) in [5, 5.41) is 2.87. The van der Waals surface area contributed by atoms with Crippen LogP contribution in [0.1, 0.15) is 45.6 Å². The maximum atomic E-state index is 12.5. The van der Waals surface area contributed by atoms with Crippen LogP contribution < -0.4 is 11.1 Å². The van der Waals surface area contributed by atoms with Crippen molar-refractivity contribution < 1.29 is 14.3 Å². The lowest BCUT2D eigenvalue weighted by atomic mass is 10.0. The summed E-state index contributed by atoms with van der Waals surface area (Å²) in [6.07, 6.45) is 2.48. The molecule has 2 rings (SSSR count). The number of carbonyl (C=O) groups is 2. The van der Waals surface area contributed by atoms with Gasteiger partial charge in [-0.15, -0.1) is 0 Å². The number of alkyl carbamates (subject to hydrolysis) is 1. The Hall–Kier alpha value is -2.24. The number of hydrogen-bond donors (Lipinski definition) is 2. The van der Waals surface area contributed by atoms with Gasteiger partial charge < -0.3 is 20.7 Å². The summed E-state index contributed by atoms with van der Waals surface area (Å²) in [5.41, 5.74) is 6.98. The molecule has 1 fully saturated rings. The number of nitrogens with zero attached hydrogens (tertiary/aromatic N) is 1. The van der Waals surface area contributed by atoms with Crippen LogP contribution in [-0.2, 0) is 16.0 Å². The van der Waals surface area contributed by atoms with Crippen LogP contribution >= 0.6 is 0 Å². The van der Waals surface area contributed by atoms with Crippen molar-refractivity contribution in [2.45, 2.75) is 58.1 Å². The first-order valence-corrected chi connectivity index (χ1v) is 8.84. The van der Waals surface area contributed by atoms with Crippen molar-refractivity contribution in [2.75, 3.05) is 18.8 Å². The zero-order chi connectivity index (χ0) is 18.4. The molecule has 2 amide bonds. The molecule has 1 atom stereocenters. The third kappa shape index (κ3) is 6.64. The van der Waals surface area contributed by atoms with E-state index in [-0.39, 0.29) is 11.9 Å². The number of rotatable bonds is 4. The minimum absolute atomic E-state index is 0.0518. The number of nitrogen functional groups attached to an aromatic ring is 1. The Morgan fingerprint density at radius 2 is 1.96 bits per heavy atom. The summed E-state index contributed by atoms with van der Waals surface area (Å²) in [6, 6.07) is 7.55.